The van der Waals surface area contributed by atoms with E-state index in [9.17, 15) is 13.2 Å². The Morgan fingerprint density at radius 1 is 1.42 bits per heavy atom. The van der Waals surface area contributed by atoms with Crippen LogP contribution in [0.5, 0.6) is 5.75 Å². The van der Waals surface area contributed by atoms with Crippen molar-refractivity contribution in [3.8, 4) is 5.75 Å². The van der Waals surface area contributed by atoms with E-state index in [4.69, 9.17) is 10.5 Å². The van der Waals surface area contributed by atoms with Gasteiger partial charge < -0.3 is 10.5 Å². The number of rotatable bonds is 6. The number of alkyl halides is 2. The molecule has 2 N–H and O–H groups in total. The molecule has 0 spiro atoms. The average Bonchev–Trinajstić information content (AvgIpc) is 2.69. The molecule has 1 heterocycles. The highest BCUT2D eigenvalue weighted by Gasteiger charge is 2.26. The summed E-state index contributed by atoms with van der Waals surface area (Å²) in [4.78, 5) is 1.58. The molecule has 0 radical (unpaired) electrons. The Morgan fingerprint density at radius 3 is 2.89 bits per heavy atom. The van der Waals surface area contributed by atoms with Crippen molar-refractivity contribution in [3.63, 3.8) is 0 Å². The van der Waals surface area contributed by atoms with Crippen LogP contribution in [-0.4, -0.2) is 43.6 Å². The lowest BCUT2D eigenvalue weighted by Gasteiger charge is -2.24. The standard InChI is InChI=1S/C13H17F3N2O/c14-10-1-2-12-9(5-10)6-11(19-12)7-18(4-3-17)8-13(15)16/h1-2,5,11,13H,3-4,6-8,17H2. The van der Waals surface area contributed by atoms with Gasteiger partial charge in [0.2, 0.25) is 0 Å². The number of hydrogen-bond acceptors (Lipinski definition) is 3. The normalized spacial score (nSPS) is 17.9. The number of fused-ring (bicyclic) bond motifs is 1. The molecule has 1 aliphatic rings. The van der Waals surface area contributed by atoms with Crippen LogP contribution in [0.2, 0.25) is 0 Å². The highest BCUT2D eigenvalue weighted by atomic mass is 19.3. The average molecular weight is 274 g/mol. The number of hydrogen-bond donors (Lipinski definition) is 1. The molecule has 0 fully saturated rings. The number of ether oxygens (including phenoxy) is 1. The molecule has 1 atom stereocenters. The van der Waals surface area contributed by atoms with Crippen LogP contribution in [0.3, 0.4) is 0 Å². The van der Waals surface area contributed by atoms with Crippen molar-refractivity contribution in [2.24, 2.45) is 5.73 Å². The molecule has 106 valence electrons. The van der Waals surface area contributed by atoms with Gasteiger partial charge in [-0.15, -0.1) is 0 Å². The fourth-order valence-corrected chi connectivity index (χ4v) is 2.31. The minimum absolute atomic E-state index is 0.220. The SMILES string of the molecule is NCCN(CC(F)F)CC1Cc2cc(F)ccc2O1. The monoisotopic (exact) mass is 274 g/mol. The molecule has 1 aliphatic heterocycles. The molecular weight excluding hydrogens is 257 g/mol. The Hall–Kier alpha value is -1.27. The van der Waals surface area contributed by atoms with Crippen LogP contribution in [0.4, 0.5) is 13.2 Å². The molecule has 0 saturated carbocycles. The molecule has 0 bridgehead atoms. The van der Waals surface area contributed by atoms with Gasteiger partial charge in [-0.05, 0) is 18.2 Å². The third-order valence-electron chi connectivity index (χ3n) is 3.07. The van der Waals surface area contributed by atoms with Crippen molar-refractivity contribution < 1.29 is 17.9 Å². The van der Waals surface area contributed by atoms with Crippen LogP contribution in [0, 0.1) is 5.82 Å². The van der Waals surface area contributed by atoms with E-state index in [0.29, 0.717) is 31.8 Å². The van der Waals surface area contributed by atoms with Gasteiger partial charge in [-0.3, -0.25) is 4.90 Å². The fourth-order valence-electron chi connectivity index (χ4n) is 2.31. The van der Waals surface area contributed by atoms with Gasteiger partial charge in [0.1, 0.15) is 17.7 Å². The first-order chi connectivity index (χ1) is 9.08. The minimum Gasteiger partial charge on any atom is -0.488 e. The summed E-state index contributed by atoms with van der Waals surface area (Å²) in [5, 5.41) is 0. The van der Waals surface area contributed by atoms with Crippen LogP contribution in [0.1, 0.15) is 5.56 Å². The van der Waals surface area contributed by atoms with E-state index >= 15 is 0 Å². The van der Waals surface area contributed by atoms with E-state index in [1.165, 1.54) is 12.1 Å². The lowest BCUT2D eigenvalue weighted by Crippen LogP contribution is -2.40. The Morgan fingerprint density at radius 2 is 2.21 bits per heavy atom. The molecule has 1 aromatic carbocycles. The molecule has 1 aromatic rings. The third kappa shape index (κ3) is 3.84. The van der Waals surface area contributed by atoms with E-state index in [-0.39, 0.29) is 18.5 Å². The summed E-state index contributed by atoms with van der Waals surface area (Å²) in [6.07, 6.45) is -2.08. The molecule has 3 nitrogen and oxygen atoms in total. The molecule has 2 rings (SSSR count). The van der Waals surface area contributed by atoms with Gasteiger partial charge in [-0.2, -0.15) is 0 Å². The summed E-state index contributed by atoms with van der Waals surface area (Å²) in [6.45, 7) is 0.773. The second-order valence-corrected chi connectivity index (χ2v) is 4.64. The van der Waals surface area contributed by atoms with E-state index in [2.05, 4.69) is 0 Å². The van der Waals surface area contributed by atoms with Gasteiger partial charge in [-0.25, -0.2) is 13.2 Å². The number of nitrogens with two attached hydrogens (primary N) is 1. The summed E-state index contributed by atoms with van der Waals surface area (Å²) in [7, 11) is 0. The zero-order chi connectivity index (χ0) is 13.8. The van der Waals surface area contributed by atoms with Crippen molar-refractivity contribution in [1.29, 1.82) is 0 Å². The quantitative estimate of drug-likeness (QED) is 0.857. The Kier molecular flexibility index (Phi) is 4.66. The highest BCUT2D eigenvalue weighted by molar-refractivity contribution is 5.37. The highest BCUT2D eigenvalue weighted by Crippen LogP contribution is 2.29. The van der Waals surface area contributed by atoms with Crippen LogP contribution in [-0.2, 0) is 6.42 Å². The second kappa shape index (κ2) is 6.25. The predicted molar refractivity (Wildman–Crippen MR) is 66.0 cm³/mol. The summed E-state index contributed by atoms with van der Waals surface area (Å²) in [5.41, 5.74) is 6.19. The van der Waals surface area contributed by atoms with Gasteiger partial charge >= 0.3 is 0 Å². The molecular formula is C13H17F3N2O. The maximum atomic E-state index is 13.1. The Bertz CT molecular complexity index is 428. The van der Waals surface area contributed by atoms with Crippen molar-refractivity contribution >= 4 is 0 Å². The predicted octanol–water partition coefficient (Wildman–Crippen LogP) is 1.65. The first kappa shape index (κ1) is 14.1. The second-order valence-electron chi connectivity index (χ2n) is 4.64. The Balaban J connectivity index is 1.94. The summed E-state index contributed by atoms with van der Waals surface area (Å²) >= 11 is 0. The lowest BCUT2D eigenvalue weighted by molar-refractivity contribution is 0.0685. The molecule has 0 amide bonds. The largest absolute Gasteiger partial charge is 0.488 e. The van der Waals surface area contributed by atoms with E-state index in [0.717, 1.165) is 5.56 Å². The fraction of sp³-hybridized carbons (Fsp3) is 0.538. The van der Waals surface area contributed by atoms with E-state index in [1.54, 1.807) is 11.0 Å². The van der Waals surface area contributed by atoms with E-state index < -0.39 is 6.43 Å². The number of benzene rings is 1. The van der Waals surface area contributed by atoms with Gasteiger partial charge in [0, 0.05) is 31.6 Å². The van der Waals surface area contributed by atoms with Gasteiger partial charge in [0.15, 0.2) is 0 Å². The topological polar surface area (TPSA) is 38.5 Å². The summed E-state index contributed by atoms with van der Waals surface area (Å²) < 4.78 is 43.5. The molecule has 0 saturated heterocycles. The zero-order valence-corrected chi connectivity index (χ0v) is 10.5. The first-order valence-electron chi connectivity index (χ1n) is 6.24. The van der Waals surface area contributed by atoms with Crippen LogP contribution >= 0.6 is 0 Å². The molecule has 19 heavy (non-hydrogen) atoms. The van der Waals surface area contributed by atoms with Crippen molar-refractivity contribution in [2.75, 3.05) is 26.2 Å². The summed E-state index contributed by atoms with van der Waals surface area (Å²) in [6, 6.07) is 4.33. The van der Waals surface area contributed by atoms with Crippen molar-refractivity contribution in [2.45, 2.75) is 19.0 Å². The van der Waals surface area contributed by atoms with Crippen molar-refractivity contribution in [1.82, 2.24) is 4.90 Å². The van der Waals surface area contributed by atoms with Gasteiger partial charge in [0.05, 0.1) is 6.54 Å². The molecule has 0 aliphatic carbocycles. The van der Waals surface area contributed by atoms with Gasteiger partial charge in [-0.1, -0.05) is 0 Å². The molecule has 0 aromatic heterocycles. The van der Waals surface area contributed by atoms with Crippen LogP contribution in [0.25, 0.3) is 0 Å². The maximum absolute atomic E-state index is 13.1. The van der Waals surface area contributed by atoms with Gasteiger partial charge in [0.25, 0.3) is 6.43 Å². The zero-order valence-electron chi connectivity index (χ0n) is 10.5. The number of nitrogens with zero attached hydrogens (tertiary/aromatic N) is 1. The minimum atomic E-state index is -2.40. The van der Waals surface area contributed by atoms with E-state index in [1.807, 2.05) is 0 Å². The third-order valence-corrected chi connectivity index (χ3v) is 3.07. The first-order valence-corrected chi connectivity index (χ1v) is 6.24. The summed E-state index contributed by atoms with van der Waals surface area (Å²) in [5.74, 6) is 0.325. The van der Waals surface area contributed by atoms with Crippen LogP contribution < -0.4 is 10.5 Å². The van der Waals surface area contributed by atoms with Crippen molar-refractivity contribution in [3.05, 3.63) is 29.6 Å². The van der Waals surface area contributed by atoms with Crippen LogP contribution in [0.15, 0.2) is 18.2 Å². The number of halogens is 3. The molecule has 6 heteroatoms. The maximum Gasteiger partial charge on any atom is 0.251 e. The molecule has 1 unspecified atom stereocenters. The lowest BCUT2D eigenvalue weighted by atomic mass is 10.1. The smallest absolute Gasteiger partial charge is 0.251 e. The Labute approximate surface area is 110 Å².